The molecular formula is C13H21N3O. The van der Waals surface area contributed by atoms with E-state index in [1.807, 2.05) is 0 Å². The molecule has 0 N–H and O–H groups in total. The molecule has 0 bridgehead atoms. The van der Waals surface area contributed by atoms with Crippen LogP contribution >= 0.6 is 0 Å². The molecule has 0 spiro atoms. The number of hydrogen-bond acceptors (Lipinski definition) is 4. The van der Waals surface area contributed by atoms with Gasteiger partial charge in [-0.15, -0.1) is 0 Å². The molecule has 1 saturated heterocycles. The predicted molar refractivity (Wildman–Crippen MR) is 67.3 cm³/mol. The highest BCUT2D eigenvalue weighted by molar-refractivity contribution is 5.13. The molecule has 0 aromatic carbocycles. The molecule has 1 aliphatic heterocycles. The number of piperidine rings is 1. The van der Waals surface area contributed by atoms with Gasteiger partial charge >= 0.3 is 0 Å². The summed E-state index contributed by atoms with van der Waals surface area (Å²) >= 11 is 0. The van der Waals surface area contributed by atoms with E-state index in [0.29, 0.717) is 12.0 Å². The van der Waals surface area contributed by atoms with Gasteiger partial charge in [0.15, 0.2) is 5.75 Å². The number of rotatable bonds is 3. The van der Waals surface area contributed by atoms with Crippen LogP contribution in [0.2, 0.25) is 0 Å². The van der Waals surface area contributed by atoms with E-state index in [-0.39, 0.29) is 0 Å². The van der Waals surface area contributed by atoms with Crippen molar-refractivity contribution in [1.29, 1.82) is 0 Å². The average Bonchev–Trinajstić information content (AvgIpc) is 2.39. The van der Waals surface area contributed by atoms with Crippen LogP contribution in [0.1, 0.15) is 38.4 Å². The Bertz CT molecular complexity index is 342. The van der Waals surface area contributed by atoms with Crippen molar-refractivity contribution in [3.05, 3.63) is 18.2 Å². The van der Waals surface area contributed by atoms with E-state index in [0.717, 1.165) is 37.5 Å². The van der Waals surface area contributed by atoms with Crippen LogP contribution in [0.5, 0.6) is 5.75 Å². The van der Waals surface area contributed by atoms with Gasteiger partial charge in [0.25, 0.3) is 0 Å². The molecule has 17 heavy (non-hydrogen) atoms. The van der Waals surface area contributed by atoms with Gasteiger partial charge in [0.2, 0.25) is 0 Å². The van der Waals surface area contributed by atoms with Crippen LogP contribution in [-0.4, -0.2) is 41.1 Å². The van der Waals surface area contributed by atoms with Gasteiger partial charge in [0.05, 0.1) is 19.5 Å². The molecule has 0 atom stereocenters. The zero-order valence-electron chi connectivity index (χ0n) is 10.9. The van der Waals surface area contributed by atoms with Gasteiger partial charge in [-0.3, -0.25) is 0 Å². The van der Waals surface area contributed by atoms with Crippen LogP contribution in [-0.2, 0) is 0 Å². The Hall–Kier alpha value is -1.16. The number of nitrogens with zero attached hydrogens (tertiary/aromatic N) is 3. The van der Waals surface area contributed by atoms with Crippen molar-refractivity contribution in [2.45, 2.75) is 38.6 Å². The van der Waals surface area contributed by atoms with Crippen molar-refractivity contribution in [3.63, 3.8) is 0 Å². The molecule has 4 heteroatoms. The Kier molecular flexibility index (Phi) is 3.94. The SMILES string of the molecule is COc1cnc(C2CCN(C(C)C)CC2)nc1. The number of likely N-dealkylation sites (tertiary alicyclic amines) is 1. The quantitative estimate of drug-likeness (QED) is 0.804. The molecule has 0 radical (unpaired) electrons. The summed E-state index contributed by atoms with van der Waals surface area (Å²) < 4.78 is 5.07. The van der Waals surface area contributed by atoms with Crippen molar-refractivity contribution in [1.82, 2.24) is 14.9 Å². The fraction of sp³-hybridized carbons (Fsp3) is 0.692. The second kappa shape index (κ2) is 5.45. The molecule has 1 fully saturated rings. The van der Waals surface area contributed by atoms with Crippen LogP contribution < -0.4 is 4.74 Å². The molecule has 0 aliphatic carbocycles. The predicted octanol–water partition coefficient (Wildman–Crippen LogP) is 2.07. The topological polar surface area (TPSA) is 38.2 Å². The summed E-state index contributed by atoms with van der Waals surface area (Å²) in [6.45, 7) is 6.81. The fourth-order valence-corrected chi connectivity index (χ4v) is 2.32. The third kappa shape index (κ3) is 2.94. The Balaban J connectivity index is 1.95. The number of methoxy groups -OCH3 is 1. The van der Waals surface area contributed by atoms with E-state index in [1.54, 1.807) is 19.5 Å². The molecule has 1 aromatic rings. The van der Waals surface area contributed by atoms with E-state index in [1.165, 1.54) is 0 Å². The van der Waals surface area contributed by atoms with Gasteiger partial charge in [0.1, 0.15) is 5.82 Å². The van der Waals surface area contributed by atoms with Crippen LogP contribution in [0.4, 0.5) is 0 Å². The zero-order chi connectivity index (χ0) is 12.3. The maximum absolute atomic E-state index is 5.07. The number of hydrogen-bond donors (Lipinski definition) is 0. The first-order chi connectivity index (χ1) is 8.20. The Morgan fingerprint density at radius 1 is 1.24 bits per heavy atom. The molecule has 1 aliphatic rings. The Morgan fingerprint density at radius 3 is 2.29 bits per heavy atom. The van der Waals surface area contributed by atoms with Crippen LogP contribution in [0.15, 0.2) is 12.4 Å². The lowest BCUT2D eigenvalue weighted by Gasteiger charge is -2.33. The summed E-state index contributed by atoms with van der Waals surface area (Å²) in [5.41, 5.74) is 0. The minimum absolute atomic E-state index is 0.510. The largest absolute Gasteiger partial charge is 0.494 e. The number of ether oxygens (including phenoxy) is 1. The minimum atomic E-state index is 0.510. The summed E-state index contributed by atoms with van der Waals surface area (Å²) in [7, 11) is 1.64. The molecule has 2 heterocycles. The molecule has 4 nitrogen and oxygen atoms in total. The van der Waals surface area contributed by atoms with Crippen LogP contribution in [0, 0.1) is 0 Å². The van der Waals surface area contributed by atoms with Gasteiger partial charge in [0, 0.05) is 12.0 Å². The lowest BCUT2D eigenvalue weighted by molar-refractivity contribution is 0.169. The summed E-state index contributed by atoms with van der Waals surface area (Å²) in [6.07, 6.45) is 5.84. The lowest BCUT2D eigenvalue weighted by Crippen LogP contribution is -2.38. The van der Waals surface area contributed by atoms with E-state index in [2.05, 4.69) is 28.7 Å². The lowest BCUT2D eigenvalue weighted by atomic mass is 9.95. The molecular weight excluding hydrogens is 214 g/mol. The van der Waals surface area contributed by atoms with Gasteiger partial charge in [-0.1, -0.05) is 0 Å². The standard InChI is InChI=1S/C13H21N3O/c1-10(2)16-6-4-11(5-7-16)13-14-8-12(17-3)9-15-13/h8-11H,4-7H2,1-3H3. The van der Waals surface area contributed by atoms with Crippen LogP contribution in [0.3, 0.4) is 0 Å². The van der Waals surface area contributed by atoms with Crippen molar-refractivity contribution in [2.24, 2.45) is 0 Å². The zero-order valence-corrected chi connectivity index (χ0v) is 10.9. The van der Waals surface area contributed by atoms with Crippen molar-refractivity contribution >= 4 is 0 Å². The average molecular weight is 235 g/mol. The molecule has 0 saturated carbocycles. The Morgan fingerprint density at radius 2 is 1.82 bits per heavy atom. The maximum Gasteiger partial charge on any atom is 0.155 e. The van der Waals surface area contributed by atoms with E-state index < -0.39 is 0 Å². The summed E-state index contributed by atoms with van der Waals surface area (Å²) in [4.78, 5) is 11.3. The monoisotopic (exact) mass is 235 g/mol. The second-order valence-electron chi connectivity index (χ2n) is 4.89. The van der Waals surface area contributed by atoms with E-state index >= 15 is 0 Å². The summed E-state index contributed by atoms with van der Waals surface area (Å²) in [5.74, 6) is 2.21. The molecule has 2 rings (SSSR count). The second-order valence-corrected chi connectivity index (χ2v) is 4.89. The van der Waals surface area contributed by atoms with Gasteiger partial charge in [-0.05, 0) is 39.8 Å². The third-order valence-electron chi connectivity index (χ3n) is 3.51. The van der Waals surface area contributed by atoms with Gasteiger partial charge in [-0.25, -0.2) is 9.97 Å². The van der Waals surface area contributed by atoms with Gasteiger partial charge < -0.3 is 9.64 Å². The first kappa shape index (κ1) is 12.3. The highest BCUT2D eigenvalue weighted by Crippen LogP contribution is 2.26. The highest BCUT2D eigenvalue weighted by atomic mass is 16.5. The first-order valence-electron chi connectivity index (χ1n) is 6.30. The summed E-state index contributed by atoms with van der Waals surface area (Å²) in [6, 6.07) is 0.646. The fourth-order valence-electron chi connectivity index (χ4n) is 2.32. The van der Waals surface area contributed by atoms with Crippen molar-refractivity contribution < 1.29 is 4.74 Å². The molecule has 0 amide bonds. The highest BCUT2D eigenvalue weighted by Gasteiger charge is 2.23. The van der Waals surface area contributed by atoms with E-state index in [9.17, 15) is 0 Å². The first-order valence-corrected chi connectivity index (χ1v) is 6.30. The van der Waals surface area contributed by atoms with Crippen molar-refractivity contribution in [2.75, 3.05) is 20.2 Å². The van der Waals surface area contributed by atoms with Crippen molar-refractivity contribution in [3.8, 4) is 5.75 Å². The molecule has 1 aromatic heterocycles. The molecule has 0 unspecified atom stereocenters. The third-order valence-corrected chi connectivity index (χ3v) is 3.51. The minimum Gasteiger partial charge on any atom is -0.494 e. The number of aromatic nitrogens is 2. The molecule has 94 valence electrons. The summed E-state index contributed by atoms with van der Waals surface area (Å²) in [5, 5.41) is 0. The smallest absolute Gasteiger partial charge is 0.155 e. The van der Waals surface area contributed by atoms with Gasteiger partial charge in [-0.2, -0.15) is 0 Å². The van der Waals surface area contributed by atoms with Crippen LogP contribution in [0.25, 0.3) is 0 Å². The maximum atomic E-state index is 5.07. The normalized spacial score (nSPS) is 18.6. The Labute approximate surface area is 103 Å². The van der Waals surface area contributed by atoms with E-state index in [4.69, 9.17) is 4.74 Å².